The number of ether oxygens (including phenoxy) is 1. The van der Waals surface area contributed by atoms with Crippen LogP contribution in [0.15, 0.2) is 59.7 Å². The minimum absolute atomic E-state index is 0.112. The Morgan fingerprint density at radius 3 is 2.76 bits per heavy atom. The number of nitrogens with zero attached hydrogens (tertiary/aromatic N) is 2. The molecule has 0 unspecified atom stereocenters. The van der Waals surface area contributed by atoms with Crippen molar-refractivity contribution >= 4 is 22.5 Å². The Morgan fingerprint density at radius 2 is 1.95 bits per heavy atom. The first-order valence-electron chi connectivity index (χ1n) is 6.56. The molecule has 0 N–H and O–H groups in total. The summed E-state index contributed by atoms with van der Waals surface area (Å²) in [4.78, 5) is 16.6. The Kier molecular flexibility index (Phi) is 3.88. The molecule has 1 heterocycles. The highest BCUT2D eigenvalue weighted by molar-refractivity contribution is 6.31. The molecule has 21 heavy (non-hydrogen) atoms. The molecule has 106 valence electrons. The van der Waals surface area contributed by atoms with Crippen LogP contribution in [-0.4, -0.2) is 16.2 Å². The van der Waals surface area contributed by atoms with Crippen LogP contribution in [0.1, 0.15) is 0 Å². The van der Waals surface area contributed by atoms with Crippen molar-refractivity contribution in [2.75, 3.05) is 6.61 Å². The van der Waals surface area contributed by atoms with E-state index in [4.69, 9.17) is 16.3 Å². The van der Waals surface area contributed by atoms with Crippen LogP contribution in [0.2, 0.25) is 5.02 Å². The first-order valence-corrected chi connectivity index (χ1v) is 6.94. The second-order valence-electron chi connectivity index (χ2n) is 4.57. The zero-order valence-corrected chi connectivity index (χ0v) is 12.0. The average molecular weight is 301 g/mol. The summed E-state index contributed by atoms with van der Waals surface area (Å²) in [6, 6.07) is 14.6. The lowest BCUT2D eigenvalue weighted by Crippen LogP contribution is -2.23. The van der Waals surface area contributed by atoms with Gasteiger partial charge in [-0.2, -0.15) is 0 Å². The van der Waals surface area contributed by atoms with E-state index < -0.39 is 0 Å². The predicted octanol–water partition coefficient (Wildman–Crippen LogP) is 3.13. The Balaban J connectivity index is 1.78. The quantitative estimate of drug-likeness (QED) is 0.743. The molecule has 0 aliphatic heterocycles. The Morgan fingerprint density at radius 1 is 1.14 bits per heavy atom. The van der Waals surface area contributed by atoms with Crippen molar-refractivity contribution in [1.29, 1.82) is 0 Å². The van der Waals surface area contributed by atoms with Gasteiger partial charge in [-0.15, -0.1) is 0 Å². The van der Waals surface area contributed by atoms with Gasteiger partial charge in [-0.25, -0.2) is 4.98 Å². The third-order valence-electron chi connectivity index (χ3n) is 3.13. The summed E-state index contributed by atoms with van der Waals surface area (Å²) in [5.41, 5.74) is 0.531. The molecule has 0 aliphatic carbocycles. The number of aromatic nitrogens is 2. The molecule has 3 aromatic rings. The maximum atomic E-state index is 12.3. The van der Waals surface area contributed by atoms with E-state index in [1.54, 1.807) is 18.2 Å². The van der Waals surface area contributed by atoms with Gasteiger partial charge in [0.15, 0.2) is 0 Å². The van der Waals surface area contributed by atoms with Gasteiger partial charge in [0.05, 0.1) is 23.8 Å². The number of halogens is 1. The molecule has 0 radical (unpaired) electrons. The van der Waals surface area contributed by atoms with E-state index in [2.05, 4.69) is 4.98 Å². The van der Waals surface area contributed by atoms with Crippen molar-refractivity contribution in [3.63, 3.8) is 0 Å². The molecule has 0 aliphatic rings. The number of hydrogen-bond donors (Lipinski definition) is 0. The van der Waals surface area contributed by atoms with E-state index in [1.165, 1.54) is 10.9 Å². The molecular formula is C16H13ClN2O2. The molecule has 1 aromatic heterocycles. The van der Waals surface area contributed by atoms with Gasteiger partial charge in [0.25, 0.3) is 5.56 Å². The molecular weight excluding hydrogens is 288 g/mol. The molecule has 0 saturated heterocycles. The fourth-order valence-electron chi connectivity index (χ4n) is 2.07. The molecule has 2 aromatic carbocycles. The van der Waals surface area contributed by atoms with Gasteiger partial charge in [0.1, 0.15) is 12.4 Å². The highest BCUT2D eigenvalue weighted by atomic mass is 35.5. The van der Waals surface area contributed by atoms with Gasteiger partial charge in [0, 0.05) is 5.02 Å². The van der Waals surface area contributed by atoms with Crippen LogP contribution in [0.4, 0.5) is 0 Å². The maximum absolute atomic E-state index is 12.3. The van der Waals surface area contributed by atoms with E-state index in [0.29, 0.717) is 29.1 Å². The van der Waals surface area contributed by atoms with Gasteiger partial charge < -0.3 is 4.74 Å². The summed E-state index contributed by atoms with van der Waals surface area (Å²) in [5, 5.41) is 1.05. The number of para-hydroxylation sites is 1. The van der Waals surface area contributed by atoms with Crippen molar-refractivity contribution < 1.29 is 4.74 Å². The smallest absolute Gasteiger partial charge is 0.261 e. The Bertz CT molecular complexity index is 815. The number of hydrogen-bond acceptors (Lipinski definition) is 3. The van der Waals surface area contributed by atoms with Crippen molar-refractivity contribution in [3.8, 4) is 5.75 Å². The van der Waals surface area contributed by atoms with E-state index in [9.17, 15) is 4.79 Å². The normalized spacial score (nSPS) is 10.7. The minimum atomic E-state index is -0.112. The molecule has 0 atom stereocenters. The second kappa shape index (κ2) is 5.97. The molecule has 5 heteroatoms. The molecule has 3 rings (SSSR count). The van der Waals surface area contributed by atoms with E-state index in [-0.39, 0.29) is 5.56 Å². The van der Waals surface area contributed by atoms with Crippen LogP contribution in [0.5, 0.6) is 5.75 Å². The highest BCUT2D eigenvalue weighted by Gasteiger charge is 2.05. The molecule has 0 amide bonds. The summed E-state index contributed by atoms with van der Waals surface area (Å²) in [6.45, 7) is 0.834. The van der Waals surface area contributed by atoms with Crippen molar-refractivity contribution in [1.82, 2.24) is 9.55 Å². The van der Waals surface area contributed by atoms with Crippen LogP contribution >= 0.6 is 11.6 Å². The average Bonchev–Trinajstić information content (AvgIpc) is 2.51. The second-order valence-corrected chi connectivity index (χ2v) is 5.00. The van der Waals surface area contributed by atoms with Crippen molar-refractivity contribution in [2.45, 2.75) is 6.54 Å². The Hall–Kier alpha value is -2.33. The lowest BCUT2D eigenvalue weighted by Gasteiger charge is -2.08. The fourth-order valence-corrected chi connectivity index (χ4v) is 2.24. The predicted molar refractivity (Wildman–Crippen MR) is 83.0 cm³/mol. The third kappa shape index (κ3) is 3.06. The molecule has 0 spiro atoms. The number of fused-ring (bicyclic) bond motifs is 1. The van der Waals surface area contributed by atoms with Crippen LogP contribution in [0, 0.1) is 0 Å². The maximum Gasteiger partial charge on any atom is 0.261 e. The zero-order chi connectivity index (χ0) is 14.7. The van der Waals surface area contributed by atoms with Gasteiger partial charge in [-0.05, 0) is 30.3 Å². The number of rotatable bonds is 4. The van der Waals surface area contributed by atoms with E-state index in [0.717, 1.165) is 5.75 Å². The van der Waals surface area contributed by atoms with Crippen LogP contribution < -0.4 is 10.3 Å². The lowest BCUT2D eigenvalue weighted by atomic mass is 10.2. The highest BCUT2D eigenvalue weighted by Crippen LogP contribution is 2.14. The lowest BCUT2D eigenvalue weighted by molar-refractivity contribution is 0.296. The molecule has 0 fully saturated rings. The minimum Gasteiger partial charge on any atom is -0.492 e. The third-order valence-corrected chi connectivity index (χ3v) is 3.37. The summed E-state index contributed by atoms with van der Waals surface area (Å²) in [5.74, 6) is 0.780. The number of benzene rings is 2. The van der Waals surface area contributed by atoms with Gasteiger partial charge in [-0.3, -0.25) is 9.36 Å². The molecule has 4 nitrogen and oxygen atoms in total. The Labute approximate surface area is 126 Å². The zero-order valence-electron chi connectivity index (χ0n) is 11.2. The van der Waals surface area contributed by atoms with Gasteiger partial charge >= 0.3 is 0 Å². The largest absolute Gasteiger partial charge is 0.492 e. The van der Waals surface area contributed by atoms with Crippen LogP contribution in [0.25, 0.3) is 10.9 Å². The summed E-state index contributed by atoms with van der Waals surface area (Å²) in [6.07, 6.45) is 1.53. The first kappa shape index (κ1) is 13.6. The monoisotopic (exact) mass is 300 g/mol. The van der Waals surface area contributed by atoms with Crippen molar-refractivity contribution in [2.24, 2.45) is 0 Å². The van der Waals surface area contributed by atoms with Crippen LogP contribution in [0.3, 0.4) is 0 Å². The topological polar surface area (TPSA) is 44.1 Å². The SMILES string of the molecule is O=c1c2cc(Cl)ccc2ncn1CCOc1ccccc1. The van der Waals surface area contributed by atoms with Gasteiger partial charge in [-0.1, -0.05) is 29.8 Å². The molecule has 0 saturated carbocycles. The van der Waals surface area contributed by atoms with Gasteiger partial charge in [0.2, 0.25) is 0 Å². The van der Waals surface area contributed by atoms with Crippen LogP contribution in [-0.2, 0) is 6.54 Å². The first-order chi connectivity index (χ1) is 10.2. The van der Waals surface area contributed by atoms with Crippen molar-refractivity contribution in [3.05, 3.63) is 70.2 Å². The summed E-state index contributed by atoms with van der Waals surface area (Å²) >= 11 is 5.93. The van der Waals surface area contributed by atoms with E-state index >= 15 is 0 Å². The molecule has 0 bridgehead atoms. The summed E-state index contributed by atoms with van der Waals surface area (Å²) < 4.78 is 7.12. The van der Waals surface area contributed by atoms with E-state index in [1.807, 2.05) is 30.3 Å². The standard InChI is InChI=1S/C16H13ClN2O2/c17-12-6-7-15-14(10-12)16(20)19(11-18-15)8-9-21-13-4-2-1-3-5-13/h1-7,10-11H,8-9H2. The fraction of sp³-hybridized carbons (Fsp3) is 0.125. The summed E-state index contributed by atoms with van der Waals surface area (Å²) in [7, 11) is 0.